The van der Waals surface area contributed by atoms with Gasteiger partial charge in [0.05, 0.1) is 12.2 Å². The third-order valence-corrected chi connectivity index (χ3v) is 4.45. The van der Waals surface area contributed by atoms with Crippen molar-refractivity contribution < 1.29 is 24.5 Å². The van der Waals surface area contributed by atoms with Crippen LogP contribution in [-0.2, 0) is 14.3 Å². The molecule has 0 aromatic heterocycles. The van der Waals surface area contributed by atoms with Crippen LogP contribution in [0.15, 0.2) is 0 Å². The molecule has 1 saturated heterocycles. The predicted octanol–water partition coefficient (Wildman–Crippen LogP) is 4.38. The Bertz CT molecular complexity index is 310. The molecule has 0 aromatic carbocycles. The molecule has 23 heavy (non-hydrogen) atoms. The first-order valence-electron chi connectivity index (χ1n) is 9.18. The van der Waals surface area contributed by atoms with Gasteiger partial charge in [0, 0.05) is 12.8 Å². The van der Waals surface area contributed by atoms with Crippen molar-refractivity contribution in [1.29, 1.82) is 0 Å². The Morgan fingerprint density at radius 3 is 1.35 bits per heavy atom. The van der Waals surface area contributed by atoms with Gasteiger partial charge in [-0.05, 0) is 25.7 Å². The predicted molar refractivity (Wildman–Crippen MR) is 88.6 cm³/mol. The molecule has 2 atom stereocenters. The molecule has 0 unspecified atom stereocenters. The molecule has 134 valence electrons. The number of hydrogen-bond donors (Lipinski definition) is 2. The molecule has 1 aliphatic rings. The summed E-state index contributed by atoms with van der Waals surface area (Å²) in [6.45, 7) is 0. The lowest BCUT2D eigenvalue weighted by molar-refractivity contribution is -0.138. The van der Waals surface area contributed by atoms with Gasteiger partial charge in [0.25, 0.3) is 0 Å². The van der Waals surface area contributed by atoms with Crippen molar-refractivity contribution in [2.24, 2.45) is 0 Å². The van der Waals surface area contributed by atoms with Crippen molar-refractivity contribution >= 4 is 11.9 Å². The minimum Gasteiger partial charge on any atom is -0.481 e. The molecule has 5 heteroatoms. The van der Waals surface area contributed by atoms with Crippen LogP contribution in [0, 0.1) is 0 Å². The molecule has 0 aliphatic carbocycles. The lowest BCUT2D eigenvalue weighted by Crippen LogP contribution is -1.96. The number of rotatable bonds is 16. The Morgan fingerprint density at radius 1 is 0.609 bits per heavy atom. The van der Waals surface area contributed by atoms with E-state index in [-0.39, 0.29) is 0 Å². The summed E-state index contributed by atoms with van der Waals surface area (Å²) in [7, 11) is 0. The molecule has 0 saturated carbocycles. The molecule has 1 fully saturated rings. The third-order valence-electron chi connectivity index (χ3n) is 4.45. The van der Waals surface area contributed by atoms with E-state index >= 15 is 0 Å². The molecule has 1 aliphatic heterocycles. The van der Waals surface area contributed by atoms with Crippen LogP contribution in [0.5, 0.6) is 0 Å². The van der Waals surface area contributed by atoms with Crippen LogP contribution in [0.2, 0.25) is 0 Å². The number of hydrogen-bond acceptors (Lipinski definition) is 3. The van der Waals surface area contributed by atoms with Gasteiger partial charge >= 0.3 is 11.9 Å². The molecule has 2 N–H and O–H groups in total. The molecular weight excluding hydrogens is 296 g/mol. The Hall–Kier alpha value is -1.10. The van der Waals surface area contributed by atoms with Crippen LogP contribution < -0.4 is 0 Å². The van der Waals surface area contributed by atoms with Gasteiger partial charge in [-0.15, -0.1) is 0 Å². The van der Waals surface area contributed by atoms with Crippen LogP contribution in [0.1, 0.15) is 89.9 Å². The number of carbonyl (C=O) groups is 2. The lowest BCUT2D eigenvalue weighted by atomic mass is 10.0. The first kappa shape index (κ1) is 19.9. The number of carboxylic acids is 2. The topological polar surface area (TPSA) is 87.1 Å². The Labute approximate surface area is 139 Å². The first-order chi connectivity index (χ1) is 11.1. The highest BCUT2D eigenvalue weighted by molar-refractivity contribution is 5.66. The number of carboxylic acid groups (broad SMARTS) is 2. The summed E-state index contributed by atoms with van der Waals surface area (Å²) in [5, 5.41) is 17.1. The van der Waals surface area contributed by atoms with Crippen LogP contribution in [0.3, 0.4) is 0 Å². The fraction of sp³-hybridized carbons (Fsp3) is 0.889. The zero-order valence-electron chi connectivity index (χ0n) is 14.2. The van der Waals surface area contributed by atoms with Gasteiger partial charge in [0.15, 0.2) is 0 Å². The maximum Gasteiger partial charge on any atom is 0.303 e. The summed E-state index contributed by atoms with van der Waals surface area (Å²) in [4.78, 5) is 20.7. The van der Waals surface area contributed by atoms with Gasteiger partial charge in [-0.3, -0.25) is 9.59 Å². The van der Waals surface area contributed by atoms with E-state index in [1.807, 2.05) is 0 Å². The Kier molecular flexibility index (Phi) is 10.7. The molecule has 1 heterocycles. The summed E-state index contributed by atoms with van der Waals surface area (Å²) < 4.78 is 5.68. The number of ether oxygens (including phenoxy) is 1. The van der Waals surface area contributed by atoms with Gasteiger partial charge in [-0.25, -0.2) is 0 Å². The number of aliphatic carboxylic acids is 2. The number of epoxide rings is 1. The minimum atomic E-state index is -0.693. The van der Waals surface area contributed by atoms with E-state index in [0.717, 1.165) is 51.4 Å². The fourth-order valence-electron chi connectivity index (χ4n) is 2.99. The average Bonchev–Trinajstić information content (AvgIpc) is 3.23. The van der Waals surface area contributed by atoms with E-state index in [1.165, 1.54) is 25.7 Å². The number of unbranched alkanes of at least 4 members (excludes halogenated alkanes) is 8. The zero-order valence-corrected chi connectivity index (χ0v) is 14.2. The van der Waals surface area contributed by atoms with Gasteiger partial charge in [-0.1, -0.05) is 51.4 Å². The van der Waals surface area contributed by atoms with Crippen LogP contribution in [-0.4, -0.2) is 34.4 Å². The van der Waals surface area contributed by atoms with E-state index in [4.69, 9.17) is 14.9 Å². The van der Waals surface area contributed by atoms with Gasteiger partial charge in [0.1, 0.15) is 0 Å². The maximum absolute atomic E-state index is 10.4. The highest BCUT2D eigenvalue weighted by atomic mass is 16.6. The average molecular weight is 328 g/mol. The molecule has 0 spiro atoms. The Balaban J connectivity index is 1.77. The van der Waals surface area contributed by atoms with Crippen molar-refractivity contribution in [2.45, 2.75) is 102 Å². The molecule has 1 rings (SSSR count). The minimum absolute atomic E-state index is 0.296. The summed E-state index contributed by atoms with van der Waals surface area (Å²) in [5.41, 5.74) is 0. The van der Waals surface area contributed by atoms with Gasteiger partial charge in [-0.2, -0.15) is 0 Å². The van der Waals surface area contributed by atoms with E-state index in [1.54, 1.807) is 0 Å². The van der Waals surface area contributed by atoms with Gasteiger partial charge in [0.2, 0.25) is 0 Å². The van der Waals surface area contributed by atoms with Crippen LogP contribution in [0.4, 0.5) is 0 Å². The normalized spacial score (nSPS) is 19.7. The van der Waals surface area contributed by atoms with Gasteiger partial charge < -0.3 is 14.9 Å². The van der Waals surface area contributed by atoms with Crippen molar-refractivity contribution in [2.75, 3.05) is 0 Å². The van der Waals surface area contributed by atoms with Crippen molar-refractivity contribution in [3.05, 3.63) is 0 Å². The molecule has 0 bridgehead atoms. The monoisotopic (exact) mass is 328 g/mol. The second-order valence-electron chi connectivity index (χ2n) is 6.61. The summed E-state index contributed by atoms with van der Waals surface area (Å²) >= 11 is 0. The fourth-order valence-corrected chi connectivity index (χ4v) is 2.99. The SMILES string of the molecule is O=C(O)CCCCCCC[C@@H]1O[C@H]1CCCCCCCC(=O)O. The van der Waals surface area contributed by atoms with Crippen molar-refractivity contribution in [1.82, 2.24) is 0 Å². The standard InChI is InChI=1S/C18H32O5/c19-17(20)13-9-5-1-3-7-11-15-16(23-15)12-8-4-2-6-10-14-18(21)22/h15-16H,1-14H2,(H,19,20)(H,21,22)/t15-,16-/m0/s1. The molecule has 0 amide bonds. The highest BCUT2D eigenvalue weighted by Gasteiger charge is 2.36. The van der Waals surface area contributed by atoms with E-state index in [0.29, 0.717) is 25.0 Å². The third kappa shape index (κ3) is 12.0. The summed E-state index contributed by atoms with van der Waals surface area (Å²) in [6.07, 6.45) is 14.4. The van der Waals surface area contributed by atoms with Crippen LogP contribution >= 0.6 is 0 Å². The second kappa shape index (κ2) is 12.3. The Morgan fingerprint density at radius 2 is 0.957 bits per heavy atom. The van der Waals surface area contributed by atoms with E-state index < -0.39 is 11.9 Å². The molecular formula is C18H32O5. The van der Waals surface area contributed by atoms with Crippen molar-refractivity contribution in [3.8, 4) is 0 Å². The highest BCUT2D eigenvalue weighted by Crippen LogP contribution is 2.31. The smallest absolute Gasteiger partial charge is 0.303 e. The first-order valence-corrected chi connectivity index (χ1v) is 9.18. The van der Waals surface area contributed by atoms with E-state index in [2.05, 4.69) is 0 Å². The largest absolute Gasteiger partial charge is 0.481 e. The second-order valence-corrected chi connectivity index (χ2v) is 6.61. The van der Waals surface area contributed by atoms with Crippen molar-refractivity contribution in [3.63, 3.8) is 0 Å². The summed E-state index contributed by atoms with van der Waals surface area (Å²) in [5.74, 6) is -1.39. The maximum atomic E-state index is 10.4. The van der Waals surface area contributed by atoms with E-state index in [9.17, 15) is 9.59 Å². The quantitative estimate of drug-likeness (QED) is 0.324. The molecule has 5 nitrogen and oxygen atoms in total. The lowest BCUT2D eigenvalue weighted by Gasteiger charge is -2.00. The molecule has 0 aromatic rings. The summed E-state index contributed by atoms with van der Waals surface area (Å²) in [6, 6.07) is 0. The molecule has 0 radical (unpaired) electrons. The zero-order chi connectivity index (χ0) is 16.9. The van der Waals surface area contributed by atoms with Crippen LogP contribution in [0.25, 0.3) is 0 Å².